The highest BCUT2D eigenvalue weighted by atomic mass is 16.5. The zero-order valence-corrected chi connectivity index (χ0v) is 14.2. The summed E-state index contributed by atoms with van der Waals surface area (Å²) < 4.78 is 7.21. The summed E-state index contributed by atoms with van der Waals surface area (Å²) >= 11 is 0. The molecule has 130 valence electrons. The monoisotopic (exact) mass is 339 g/mol. The SMILES string of the molecule is CCOc1nccn2c(CNC(=O)CCCc3ccccc3)nnc12. The highest BCUT2D eigenvalue weighted by Crippen LogP contribution is 2.14. The normalized spacial score (nSPS) is 10.8. The smallest absolute Gasteiger partial charge is 0.260 e. The highest BCUT2D eigenvalue weighted by Gasteiger charge is 2.12. The van der Waals surface area contributed by atoms with Crippen molar-refractivity contribution in [3.05, 3.63) is 54.1 Å². The molecule has 3 rings (SSSR count). The summed E-state index contributed by atoms with van der Waals surface area (Å²) in [5.74, 6) is 1.10. The maximum atomic E-state index is 12.0. The van der Waals surface area contributed by atoms with E-state index in [1.165, 1.54) is 5.56 Å². The lowest BCUT2D eigenvalue weighted by Crippen LogP contribution is -2.23. The molecule has 2 aromatic heterocycles. The van der Waals surface area contributed by atoms with Crippen LogP contribution in [-0.2, 0) is 17.8 Å². The summed E-state index contributed by atoms with van der Waals surface area (Å²) in [4.78, 5) is 16.2. The Bertz CT molecular complexity index is 832. The van der Waals surface area contributed by atoms with E-state index in [9.17, 15) is 4.79 Å². The van der Waals surface area contributed by atoms with Crippen molar-refractivity contribution < 1.29 is 9.53 Å². The molecule has 0 aliphatic carbocycles. The van der Waals surface area contributed by atoms with Gasteiger partial charge in [0, 0.05) is 18.8 Å². The molecule has 7 heteroatoms. The Hall–Kier alpha value is -2.96. The lowest BCUT2D eigenvalue weighted by molar-refractivity contribution is -0.121. The molecule has 0 spiro atoms. The number of aromatic nitrogens is 4. The number of hydrogen-bond acceptors (Lipinski definition) is 5. The molecule has 3 aromatic rings. The number of fused-ring (bicyclic) bond motifs is 1. The Balaban J connectivity index is 1.52. The van der Waals surface area contributed by atoms with Crippen molar-refractivity contribution in [3.8, 4) is 5.88 Å². The first kappa shape index (κ1) is 16.9. The Morgan fingerprint density at radius 1 is 1.24 bits per heavy atom. The molecule has 0 saturated heterocycles. The second-order valence-electron chi connectivity index (χ2n) is 5.59. The van der Waals surface area contributed by atoms with Crippen molar-refractivity contribution in [1.29, 1.82) is 0 Å². The van der Waals surface area contributed by atoms with Crippen LogP contribution in [0.3, 0.4) is 0 Å². The van der Waals surface area contributed by atoms with Gasteiger partial charge >= 0.3 is 0 Å². The quantitative estimate of drug-likeness (QED) is 0.680. The average molecular weight is 339 g/mol. The van der Waals surface area contributed by atoms with Gasteiger partial charge in [0.15, 0.2) is 5.82 Å². The third-order valence-corrected chi connectivity index (χ3v) is 3.80. The van der Waals surface area contributed by atoms with Crippen LogP contribution in [-0.4, -0.2) is 32.1 Å². The summed E-state index contributed by atoms with van der Waals surface area (Å²) in [5.41, 5.74) is 1.80. The van der Waals surface area contributed by atoms with Gasteiger partial charge in [-0.1, -0.05) is 30.3 Å². The molecule has 0 radical (unpaired) electrons. The fourth-order valence-corrected chi connectivity index (χ4v) is 2.57. The van der Waals surface area contributed by atoms with Gasteiger partial charge in [-0.2, -0.15) is 0 Å². The number of nitrogens with zero attached hydrogens (tertiary/aromatic N) is 4. The molecule has 1 aromatic carbocycles. The zero-order valence-electron chi connectivity index (χ0n) is 14.2. The molecular weight excluding hydrogens is 318 g/mol. The second kappa shape index (κ2) is 8.23. The molecule has 1 amide bonds. The molecule has 0 atom stereocenters. The van der Waals surface area contributed by atoms with E-state index in [4.69, 9.17) is 4.74 Å². The molecule has 0 bridgehead atoms. The average Bonchev–Trinajstić information content (AvgIpc) is 3.05. The molecule has 0 unspecified atom stereocenters. The highest BCUT2D eigenvalue weighted by molar-refractivity contribution is 5.75. The molecular formula is C18H21N5O2. The number of rotatable bonds is 8. The van der Waals surface area contributed by atoms with E-state index in [0.29, 0.717) is 36.9 Å². The van der Waals surface area contributed by atoms with Gasteiger partial charge in [0.1, 0.15) is 0 Å². The Morgan fingerprint density at radius 2 is 2.08 bits per heavy atom. The largest absolute Gasteiger partial charge is 0.475 e. The van der Waals surface area contributed by atoms with E-state index in [-0.39, 0.29) is 5.91 Å². The van der Waals surface area contributed by atoms with Gasteiger partial charge in [0.25, 0.3) is 5.88 Å². The number of aryl methyl sites for hydroxylation is 1. The van der Waals surface area contributed by atoms with Crippen LogP contribution in [0.1, 0.15) is 31.2 Å². The molecule has 25 heavy (non-hydrogen) atoms. The Kier molecular flexibility index (Phi) is 5.56. The fraction of sp³-hybridized carbons (Fsp3) is 0.333. The van der Waals surface area contributed by atoms with Crippen LogP contribution < -0.4 is 10.1 Å². The van der Waals surface area contributed by atoms with Crippen molar-refractivity contribution in [2.24, 2.45) is 0 Å². The minimum Gasteiger partial charge on any atom is -0.475 e. The number of amides is 1. The molecule has 0 aliphatic heterocycles. The summed E-state index contributed by atoms with van der Waals surface area (Å²) in [6.07, 6.45) is 5.58. The van der Waals surface area contributed by atoms with Crippen LogP contribution >= 0.6 is 0 Å². The van der Waals surface area contributed by atoms with Crippen molar-refractivity contribution in [1.82, 2.24) is 24.9 Å². The van der Waals surface area contributed by atoms with E-state index >= 15 is 0 Å². The molecule has 1 N–H and O–H groups in total. The minimum atomic E-state index is 0.00627. The summed E-state index contributed by atoms with van der Waals surface area (Å²) in [5, 5.41) is 11.1. The maximum absolute atomic E-state index is 12.0. The van der Waals surface area contributed by atoms with Crippen molar-refractivity contribution in [2.75, 3.05) is 6.61 Å². The van der Waals surface area contributed by atoms with Crippen LogP contribution in [0.2, 0.25) is 0 Å². The summed E-state index contributed by atoms with van der Waals surface area (Å²) in [7, 11) is 0. The first-order valence-electron chi connectivity index (χ1n) is 8.40. The van der Waals surface area contributed by atoms with Crippen LogP contribution in [0.5, 0.6) is 5.88 Å². The van der Waals surface area contributed by atoms with Crippen LogP contribution in [0.25, 0.3) is 5.65 Å². The van der Waals surface area contributed by atoms with E-state index in [1.807, 2.05) is 25.1 Å². The third kappa shape index (κ3) is 4.32. The molecule has 7 nitrogen and oxygen atoms in total. The number of carbonyl (C=O) groups excluding carboxylic acids is 1. The van der Waals surface area contributed by atoms with Gasteiger partial charge in [-0.3, -0.25) is 9.20 Å². The van der Waals surface area contributed by atoms with Crippen LogP contribution in [0.15, 0.2) is 42.7 Å². The van der Waals surface area contributed by atoms with Gasteiger partial charge in [0.05, 0.1) is 13.2 Å². The number of nitrogens with one attached hydrogen (secondary N) is 1. The van der Waals surface area contributed by atoms with Crippen molar-refractivity contribution in [2.45, 2.75) is 32.7 Å². The fourth-order valence-electron chi connectivity index (χ4n) is 2.57. The van der Waals surface area contributed by atoms with E-state index in [2.05, 4.69) is 32.6 Å². The van der Waals surface area contributed by atoms with Gasteiger partial charge < -0.3 is 10.1 Å². The lowest BCUT2D eigenvalue weighted by Gasteiger charge is -2.06. The molecule has 2 heterocycles. The summed E-state index contributed by atoms with van der Waals surface area (Å²) in [6, 6.07) is 10.2. The summed E-state index contributed by atoms with van der Waals surface area (Å²) in [6.45, 7) is 2.71. The van der Waals surface area contributed by atoms with Crippen LogP contribution in [0.4, 0.5) is 0 Å². The van der Waals surface area contributed by atoms with Crippen molar-refractivity contribution >= 4 is 11.6 Å². The molecule has 0 aliphatic rings. The molecule has 0 saturated carbocycles. The van der Waals surface area contributed by atoms with Crippen molar-refractivity contribution in [3.63, 3.8) is 0 Å². The number of carbonyl (C=O) groups is 1. The van der Waals surface area contributed by atoms with Gasteiger partial charge in [-0.25, -0.2) is 4.98 Å². The first-order valence-corrected chi connectivity index (χ1v) is 8.40. The van der Waals surface area contributed by atoms with Gasteiger partial charge in [0.2, 0.25) is 11.6 Å². The predicted octanol–water partition coefficient (Wildman–Crippen LogP) is 2.16. The van der Waals surface area contributed by atoms with E-state index in [1.54, 1.807) is 16.8 Å². The predicted molar refractivity (Wildman–Crippen MR) is 93.2 cm³/mol. The minimum absolute atomic E-state index is 0.00627. The van der Waals surface area contributed by atoms with Gasteiger partial charge in [-0.05, 0) is 25.3 Å². The molecule has 0 fully saturated rings. The lowest BCUT2D eigenvalue weighted by atomic mass is 10.1. The van der Waals surface area contributed by atoms with E-state index in [0.717, 1.165) is 12.8 Å². The maximum Gasteiger partial charge on any atom is 0.260 e. The van der Waals surface area contributed by atoms with Crippen LogP contribution in [0, 0.1) is 0 Å². The zero-order chi connectivity index (χ0) is 17.5. The van der Waals surface area contributed by atoms with E-state index < -0.39 is 0 Å². The number of ether oxygens (including phenoxy) is 1. The Morgan fingerprint density at radius 3 is 2.88 bits per heavy atom. The standard InChI is InChI=1S/C18H21N5O2/c1-2-25-18-17-22-21-15(23(17)12-11-19-18)13-20-16(24)10-6-9-14-7-4-3-5-8-14/h3-5,7-8,11-12H,2,6,9-10,13H2,1H3,(H,20,24). The number of hydrogen-bond donors (Lipinski definition) is 1. The topological polar surface area (TPSA) is 81.4 Å². The number of benzene rings is 1. The second-order valence-corrected chi connectivity index (χ2v) is 5.59. The third-order valence-electron chi connectivity index (χ3n) is 3.80. The Labute approximate surface area is 146 Å². The van der Waals surface area contributed by atoms with Gasteiger partial charge in [-0.15, -0.1) is 10.2 Å². The first-order chi connectivity index (χ1) is 12.3.